The minimum atomic E-state index is 0.992. The summed E-state index contributed by atoms with van der Waals surface area (Å²) in [6, 6.07) is 6.55. The fraction of sp³-hybridized carbons (Fsp3) is 0.625. The van der Waals surface area contributed by atoms with Crippen LogP contribution in [0.1, 0.15) is 43.2 Å². The van der Waals surface area contributed by atoms with Crippen LogP contribution < -0.4 is 4.74 Å². The molecule has 2 rings (SSSR count). The van der Waals surface area contributed by atoms with Crippen LogP contribution >= 0.6 is 0 Å². The normalized spacial score (nSPS) is 18.1. The van der Waals surface area contributed by atoms with E-state index in [0.29, 0.717) is 0 Å². The number of rotatable bonds is 3. The molecule has 2 heteroatoms. The molecule has 0 unspecified atom stereocenters. The van der Waals surface area contributed by atoms with Crippen LogP contribution in [0.5, 0.6) is 5.75 Å². The van der Waals surface area contributed by atoms with Crippen molar-refractivity contribution in [2.75, 3.05) is 20.2 Å². The van der Waals surface area contributed by atoms with Crippen LogP contribution in [0.25, 0.3) is 0 Å². The molecule has 1 heterocycles. The average molecular weight is 247 g/mol. The Kier molecular flexibility index (Phi) is 5.06. The summed E-state index contributed by atoms with van der Waals surface area (Å²) >= 11 is 0. The summed E-state index contributed by atoms with van der Waals surface area (Å²) < 4.78 is 5.31. The summed E-state index contributed by atoms with van der Waals surface area (Å²) in [5, 5.41) is 0. The molecule has 1 aromatic rings. The van der Waals surface area contributed by atoms with Crippen molar-refractivity contribution in [3.63, 3.8) is 0 Å². The van der Waals surface area contributed by atoms with Gasteiger partial charge in [0.2, 0.25) is 0 Å². The van der Waals surface area contributed by atoms with E-state index in [1.165, 1.54) is 56.3 Å². The van der Waals surface area contributed by atoms with Crippen molar-refractivity contribution in [2.45, 2.75) is 45.6 Å². The molecule has 1 aliphatic heterocycles. The van der Waals surface area contributed by atoms with Gasteiger partial charge in [0.25, 0.3) is 0 Å². The van der Waals surface area contributed by atoms with Crippen molar-refractivity contribution in [3.8, 4) is 5.75 Å². The first-order valence-corrected chi connectivity index (χ1v) is 7.15. The molecule has 0 N–H and O–H groups in total. The van der Waals surface area contributed by atoms with E-state index >= 15 is 0 Å². The predicted molar refractivity (Wildman–Crippen MR) is 76.1 cm³/mol. The summed E-state index contributed by atoms with van der Waals surface area (Å²) in [5.74, 6) is 0.992. The fourth-order valence-corrected chi connectivity index (χ4v) is 2.77. The smallest absolute Gasteiger partial charge is 0.121 e. The van der Waals surface area contributed by atoms with Crippen LogP contribution in [-0.2, 0) is 6.54 Å². The Morgan fingerprint density at radius 3 is 2.33 bits per heavy atom. The van der Waals surface area contributed by atoms with Crippen molar-refractivity contribution in [3.05, 3.63) is 29.3 Å². The van der Waals surface area contributed by atoms with Crippen molar-refractivity contribution >= 4 is 0 Å². The number of aryl methyl sites for hydroxylation is 1. The highest BCUT2D eigenvalue weighted by atomic mass is 16.5. The third-order valence-electron chi connectivity index (χ3n) is 3.81. The molecule has 0 bridgehead atoms. The predicted octanol–water partition coefficient (Wildman–Crippen LogP) is 3.77. The Labute approximate surface area is 111 Å². The molecule has 1 aromatic carbocycles. The largest absolute Gasteiger partial charge is 0.496 e. The van der Waals surface area contributed by atoms with Gasteiger partial charge in [0.15, 0.2) is 0 Å². The summed E-state index contributed by atoms with van der Waals surface area (Å²) in [6.45, 7) is 5.72. The molecule has 1 fully saturated rings. The lowest BCUT2D eigenvalue weighted by Crippen LogP contribution is -2.26. The van der Waals surface area contributed by atoms with E-state index in [1.807, 2.05) is 0 Å². The summed E-state index contributed by atoms with van der Waals surface area (Å²) in [5.41, 5.74) is 2.65. The molecular weight excluding hydrogens is 222 g/mol. The summed E-state index contributed by atoms with van der Waals surface area (Å²) in [4.78, 5) is 2.60. The molecular formula is C16H25NO. The van der Waals surface area contributed by atoms with E-state index in [0.717, 1.165) is 12.3 Å². The minimum Gasteiger partial charge on any atom is -0.496 e. The van der Waals surface area contributed by atoms with Gasteiger partial charge < -0.3 is 4.74 Å². The van der Waals surface area contributed by atoms with Crippen molar-refractivity contribution in [1.82, 2.24) is 4.90 Å². The first kappa shape index (κ1) is 13.4. The highest BCUT2D eigenvalue weighted by molar-refractivity contribution is 5.36. The number of benzene rings is 1. The van der Waals surface area contributed by atoms with Gasteiger partial charge in [-0.1, -0.05) is 31.4 Å². The Morgan fingerprint density at radius 1 is 1.06 bits per heavy atom. The molecule has 0 amide bonds. The van der Waals surface area contributed by atoms with E-state index in [1.54, 1.807) is 7.11 Å². The number of ether oxygens (including phenoxy) is 1. The van der Waals surface area contributed by atoms with Gasteiger partial charge in [0.05, 0.1) is 7.11 Å². The van der Waals surface area contributed by atoms with Gasteiger partial charge in [0, 0.05) is 6.54 Å². The molecule has 0 radical (unpaired) electrons. The number of methoxy groups -OCH3 is 1. The topological polar surface area (TPSA) is 12.5 Å². The molecule has 0 aliphatic carbocycles. The first-order chi connectivity index (χ1) is 8.79. The zero-order valence-electron chi connectivity index (χ0n) is 11.7. The van der Waals surface area contributed by atoms with Crippen molar-refractivity contribution in [2.24, 2.45) is 0 Å². The maximum absolute atomic E-state index is 5.31. The third kappa shape index (κ3) is 3.74. The summed E-state index contributed by atoms with van der Waals surface area (Å²) in [7, 11) is 1.74. The first-order valence-electron chi connectivity index (χ1n) is 7.15. The maximum Gasteiger partial charge on any atom is 0.121 e. The quantitative estimate of drug-likeness (QED) is 0.806. The van der Waals surface area contributed by atoms with Gasteiger partial charge >= 0.3 is 0 Å². The van der Waals surface area contributed by atoms with Crippen LogP contribution in [-0.4, -0.2) is 25.1 Å². The van der Waals surface area contributed by atoms with Gasteiger partial charge in [-0.15, -0.1) is 0 Å². The standard InChI is InChI=1S/C16H25NO/c1-14-12-15(8-9-16(14)18-2)13-17-10-6-4-3-5-7-11-17/h8-9,12H,3-7,10-11,13H2,1-2H3. The second-order valence-corrected chi connectivity index (χ2v) is 5.35. The molecule has 2 nitrogen and oxygen atoms in total. The van der Waals surface area contributed by atoms with E-state index in [-0.39, 0.29) is 0 Å². The van der Waals surface area contributed by atoms with Gasteiger partial charge in [-0.3, -0.25) is 4.90 Å². The third-order valence-corrected chi connectivity index (χ3v) is 3.81. The minimum absolute atomic E-state index is 0.992. The second kappa shape index (κ2) is 6.79. The number of hydrogen-bond acceptors (Lipinski definition) is 2. The fourth-order valence-electron chi connectivity index (χ4n) is 2.77. The van der Waals surface area contributed by atoms with Gasteiger partial charge in [-0.05, 0) is 50.0 Å². The summed E-state index contributed by atoms with van der Waals surface area (Å²) in [6.07, 6.45) is 6.94. The van der Waals surface area contributed by atoms with Gasteiger partial charge in [0.1, 0.15) is 5.75 Å². The van der Waals surface area contributed by atoms with Crippen molar-refractivity contribution < 1.29 is 4.74 Å². The molecule has 0 atom stereocenters. The molecule has 100 valence electrons. The molecule has 1 aliphatic rings. The van der Waals surface area contributed by atoms with E-state index in [4.69, 9.17) is 4.74 Å². The lowest BCUT2D eigenvalue weighted by atomic mass is 10.1. The molecule has 18 heavy (non-hydrogen) atoms. The van der Waals surface area contributed by atoms with Crippen LogP contribution in [0.4, 0.5) is 0 Å². The molecule has 0 saturated carbocycles. The maximum atomic E-state index is 5.31. The van der Waals surface area contributed by atoms with E-state index in [9.17, 15) is 0 Å². The van der Waals surface area contributed by atoms with Crippen LogP contribution in [0.15, 0.2) is 18.2 Å². The highest BCUT2D eigenvalue weighted by Gasteiger charge is 2.09. The number of likely N-dealkylation sites (tertiary alicyclic amines) is 1. The highest BCUT2D eigenvalue weighted by Crippen LogP contribution is 2.20. The zero-order valence-corrected chi connectivity index (χ0v) is 11.7. The lowest BCUT2D eigenvalue weighted by Gasteiger charge is -2.24. The SMILES string of the molecule is COc1ccc(CN2CCCCCCC2)cc1C. The van der Waals surface area contributed by atoms with Crippen LogP contribution in [0.2, 0.25) is 0 Å². The Morgan fingerprint density at radius 2 is 1.72 bits per heavy atom. The number of hydrogen-bond donors (Lipinski definition) is 0. The van der Waals surface area contributed by atoms with Crippen LogP contribution in [0.3, 0.4) is 0 Å². The Balaban J connectivity index is 1.96. The molecule has 0 aromatic heterocycles. The monoisotopic (exact) mass is 247 g/mol. The van der Waals surface area contributed by atoms with E-state index < -0.39 is 0 Å². The molecule has 1 saturated heterocycles. The second-order valence-electron chi connectivity index (χ2n) is 5.35. The van der Waals surface area contributed by atoms with Crippen LogP contribution in [0, 0.1) is 6.92 Å². The average Bonchev–Trinajstić information content (AvgIpc) is 2.33. The van der Waals surface area contributed by atoms with E-state index in [2.05, 4.69) is 30.0 Å². The molecule has 0 spiro atoms. The van der Waals surface area contributed by atoms with Gasteiger partial charge in [-0.25, -0.2) is 0 Å². The Bertz CT molecular complexity index is 367. The lowest BCUT2D eigenvalue weighted by molar-refractivity contribution is 0.239. The van der Waals surface area contributed by atoms with Gasteiger partial charge in [-0.2, -0.15) is 0 Å². The Hall–Kier alpha value is -1.02. The van der Waals surface area contributed by atoms with Crippen molar-refractivity contribution in [1.29, 1.82) is 0 Å². The zero-order chi connectivity index (χ0) is 12.8. The number of nitrogens with zero attached hydrogens (tertiary/aromatic N) is 1.